The van der Waals surface area contributed by atoms with Crippen LogP contribution in [0.2, 0.25) is 0 Å². The van der Waals surface area contributed by atoms with Crippen LogP contribution in [0.15, 0.2) is 42.5 Å². The minimum Gasteiger partial charge on any atom is -0.481 e. The van der Waals surface area contributed by atoms with Crippen molar-refractivity contribution in [3.05, 3.63) is 48.0 Å². The zero-order valence-corrected chi connectivity index (χ0v) is 12.8. The summed E-state index contributed by atoms with van der Waals surface area (Å²) in [4.78, 5) is 18.0. The Morgan fingerprint density at radius 2 is 1.55 bits per heavy atom. The van der Waals surface area contributed by atoms with Crippen molar-refractivity contribution in [2.75, 3.05) is 6.61 Å². The van der Waals surface area contributed by atoms with Crippen molar-refractivity contribution < 1.29 is 30.0 Å². The molecule has 0 amide bonds. The molecule has 0 aliphatic carbocycles. The summed E-state index contributed by atoms with van der Waals surface area (Å²) in [7, 11) is 0. The van der Waals surface area contributed by atoms with E-state index in [0.29, 0.717) is 6.42 Å². The molecule has 0 fully saturated rings. The molecule has 0 radical (unpaired) electrons. The molecule has 0 aromatic heterocycles. The minimum absolute atomic E-state index is 0.0115. The summed E-state index contributed by atoms with van der Waals surface area (Å²) in [6, 6.07) is 10.0. The molecule has 1 aromatic rings. The molecule has 4 N–H and O–H groups in total. The van der Waals surface area contributed by atoms with Crippen LogP contribution < -0.4 is 0 Å². The van der Waals surface area contributed by atoms with Crippen LogP contribution in [0.4, 0.5) is 0 Å². The molecule has 0 saturated heterocycles. The highest BCUT2D eigenvalue weighted by Crippen LogP contribution is 2.05. The fraction of sp³-hybridized carbons (Fsp3) is 0.375. The summed E-state index contributed by atoms with van der Waals surface area (Å²) in [5.74, 6) is -1.67. The molecule has 124 valence electrons. The van der Waals surface area contributed by atoms with E-state index in [1.165, 1.54) is 5.56 Å². The fourth-order valence-electron chi connectivity index (χ4n) is 1.27. The second-order valence-electron chi connectivity index (χ2n) is 4.24. The number of carbonyl (C=O) groups is 2. The van der Waals surface area contributed by atoms with Crippen LogP contribution >= 0.6 is 0 Å². The van der Waals surface area contributed by atoms with Gasteiger partial charge < -0.3 is 20.4 Å². The molecule has 0 aliphatic rings. The Balaban J connectivity index is 0. The average molecular weight is 312 g/mol. The van der Waals surface area contributed by atoms with Gasteiger partial charge in [-0.1, -0.05) is 42.5 Å². The Bertz CT molecular complexity index is 408. The van der Waals surface area contributed by atoms with Gasteiger partial charge in [0.25, 0.3) is 11.9 Å². The number of aliphatic hydroxyl groups excluding tert-OH is 2. The lowest BCUT2D eigenvalue weighted by atomic mass is 10.1. The second-order valence-corrected chi connectivity index (χ2v) is 4.24. The number of rotatable bonds is 5. The lowest BCUT2D eigenvalue weighted by Gasteiger charge is -2.04. The van der Waals surface area contributed by atoms with E-state index in [1.807, 2.05) is 30.3 Å². The number of aliphatic hydroxyl groups is 2. The van der Waals surface area contributed by atoms with E-state index < -0.39 is 18.0 Å². The van der Waals surface area contributed by atoms with Gasteiger partial charge in [-0.05, 0) is 18.4 Å². The standard InChI is InChI=1S/C12H16O2.2C2H4O2/c13-10-4-7-12(14)9-8-11-5-2-1-3-6-11;2*1-2(3)4/h1-7,12-14H,8-10H2;2*1H3,(H,3,4). The Morgan fingerprint density at radius 3 is 1.95 bits per heavy atom. The molecule has 1 aromatic carbocycles. The van der Waals surface area contributed by atoms with Crippen molar-refractivity contribution in [3.8, 4) is 0 Å². The predicted molar refractivity (Wildman–Crippen MR) is 83.6 cm³/mol. The van der Waals surface area contributed by atoms with Crippen molar-refractivity contribution in [2.24, 2.45) is 0 Å². The van der Waals surface area contributed by atoms with Gasteiger partial charge in [-0.25, -0.2) is 0 Å². The van der Waals surface area contributed by atoms with Crippen LogP contribution in [0.25, 0.3) is 0 Å². The van der Waals surface area contributed by atoms with E-state index in [4.69, 9.17) is 24.9 Å². The molecule has 1 atom stereocenters. The Labute approximate surface area is 130 Å². The molecule has 0 spiro atoms. The number of carboxylic acid groups (broad SMARTS) is 2. The maximum absolute atomic E-state index is 9.44. The summed E-state index contributed by atoms with van der Waals surface area (Å²) in [5, 5.41) is 32.8. The predicted octanol–water partition coefficient (Wildman–Crippen LogP) is 1.71. The molecule has 6 heteroatoms. The van der Waals surface area contributed by atoms with E-state index >= 15 is 0 Å². The molecule has 6 nitrogen and oxygen atoms in total. The van der Waals surface area contributed by atoms with Gasteiger partial charge >= 0.3 is 0 Å². The number of aliphatic carboxylic acids is 2. The van der Waals surface area contributed by atoms with Crippen molar-refractivity contribution >= 4 is 11.9 Å². The van der Waals surface area contributed by atoms with E-state index in [1.54, 1.807) is 12.2 Å². The number of carboxylic acids is 2. The van der Waals surface area contributed by atoms with Crippen LogP contribution in [-0.4, -0.2) is 45.1 Å². The first-order valence-corrected chi connectivity index (χ1v) is 6.68. The lowest BCUT2D eigenvalue weighted by molar-refractivity contribution is -0.135. The topological polar surface area (TPSA) is 115 Å². The third kappa shape index (κ3) is 23.0. The normalized spacial score (nSPS) is 10.7. The van der Waals surface area contributed by atoms with Gasteiger partial charge in [-0.2, -0.15) is 0 Å². The first-order valence-electron chi connectivity index (χ1n) is 6.68. The molecular weight excluding hydrogens is 288 g/mol. The maximum Gasteiger partial charge on any atom is 0.300 e. The number of hydrogen-bond donors (Lipinski definition) is 4. The highest BCUT2D eigenvalue weighted by Gasteiger charge is 1.99. The van der Waals surface area contributed by atoms with Crippen LogP contribution in [0.3, 0.4) is 0 Å². The number of aryl methyl sites for hydroxylation is 1. The van der Waals surface area contributed by atoms with Gasteiger partial charge in [-0.15, -0.1) is 0 Å². The van der Waals surface area contributed by atoms with Crippen LogP contribution in [0.5, 0.6) is 0 Å². The highest BCUT2D eigenvalue weighted by atomic mass is 16.4. The van der Waals surface area contributed by atoms with Gasteiger partial charge in [0.15, 0.2) is 0 Å². The van der Waals surface area contributed by atoms with Gasteiger partial charge in [0.05, 0.1) is 12.7 Å². The number of benzene rings is 1. The molecule has 0 heterocycles. The van der Waals surface area contributed by atoms with E-state index in [0.717, 1.165) is 20.3 Å². The second kappa shape index (κ2) is 15.2. The minimum atomic E-state index is -0.833. The first kappa shape index (κ1) is 22.1. The fourth-order valence-corrected chi connectivity index (χ4v) is 1.27. The van der Waals surface area contributed by atoms with Crippen molar-refractivity contribution in [2.45, 2.75) is 32.8 Å². The van der Waals surface area contributed by atoms with Crippen molar-refractivity contribution in [1.82, 2.24) is 0 Å². The molecule has 0 saturated carbocycles. The Kier molecular flexibility index (Phi) is 15.3. The lowest BCUT2D eigenvalue weighted by Crippen LogP contribution is -2.04. The van der Waals surface area contributed by atoms with Gasteiger partial charge in [-0.3, -0.25) is 9.59 Å². The summed E-state index contributed by atoms with van der Waals surface area (Å²) < 4.78 is 0. The number of hydrogen-bond acceptors (Lipinski definition) is 4. The third-order valence-corrected chi connectivity index (χ3v) is 2.04. The van der Waals surface area contributed by atoms with Gasteiger partial charge in [0.2, 0.25) is 0 Å². The molecular formula is C16H24O6. The SMILES string of the molecule is CC(=O)O.CC(=O)O.OCC=CC(O)CCc1ccccc1. The molecule has 1 rings (SSSR count). The van der Waals surface area contributed by atoms with E-state index in [-0.39, 0.29) is 6.61 Å². The smallest absolute Gasteiger partial charge is 0.300 e. The van der Waals surface area contributed by atoms with Gasteiger partial charge in [0, 0.05) is 13.8 Å². The van der Waals surface area contributed by atoms with Gasteiger partial charge in [0.1, 0.15) is 0 Å². The van der Waals surface area contributed by atoms with Crippen LogP contribution in [0, 0.1) is 0 Å². The molecule has 0 aliphatic heterocycles. The highest BCUT2D eigenvalue weighted by molar-refractivity contribution is 5.63. The van der Waals surface area contributed by atoms with Crippen molar-refractivity contribution in [3.63, 3.8) is 0 Å². The van der Waals surface area contributed by atoms with Crippen molar-refractivity contribution in [1.29, 1.82) is 0 Å². The van der Waals surface area contributed by atoms with Crippen LogP contribution in [-0.2, 0) is 16.0 Å². The summed E-state index contributed by atoms with van der Waals surface area (Å²) >= 11 is 0. The molecule has 1 unspecified atom stereocenters. The Morgan fingerprint density at radius 1 is 1.09 bits per heavy atom. The third-order valence-electron chi connectivity index (χ3n) is 2.04. The molecule has 0 bridgehead atoms. The van der Waals surface area contributed by atoms with E-state index in [2.05, 4.69) is 0 Å². The zero-order valence-electron chi connectivity index (χ0n) is 12.8. The Hall–Kier alpha value is -2.18. The summed E-state index contributed by atoms with van der Waals surface area (Å²) in [5.41, 5.74) is 1.23. The largest absolute Gasteiger partial charge is 0.481 e. The summed E-state index contributed by atoms with van der Waals surface area (Å²) in [6.45, 7) is 2.16. The molecule has 22 heavy (non-hydrogen) atoms. The first-order chi connectivity index (χ1) is 10.3. The maximum atomic E-state index is 9.44. The quantitative estimate of drug-likeness (QED) is 0.615. The monoisotopic (exact) mass is 312 g/mol. The zero-order chi connectivity index (χ0) is 17.4. The van der Waals surface area contributed by atoms with Crippen LogP contribution in [0.1, 0.15) is 25.8 Å². The summed E-state index contributed by atoms with van der Waals surface area (Å²) in [6.07, 6.45) is 4.29. The van der Waals surface area contributed by atoms with E-state index in [9.17, 15) is 5.11 Å². The average Bonchev–Trinajstić information content (AvgIpc) is 2.43.